The summed E-state index contributed by atoms with van der Waals surface area (Å²) >= 11 is 3.14. The van der Waals surface area contributed by atoms with Crippen molar-refractivity contribution < 1.29 is 14.8 Å². The van der Waals surface area contributed by atoms with Crippen LogP contribution in [0.5, 0.6) is 5.75 Å². The van der Waals surface area contributed by atoms with Crippen LogP contribution in [-0.4, -0.2) is 16.6 Å². The van der Waals surface area contributed by atoms with Crippen LogP contribution in [-0.2, 0) is 0 Å². The van der Waals surface area contributed by atoms with E-state index in [0.29, 0.717) is 10.0 Å². The Labute approximate surface area is 107 Å². The lowest BCUT2D eigenvalue weighted by Crippen LogP contribution is -2.04. The summed E-state index contributed by atoms with van der Waals surface area (Å²) in [6, 6.07) is 2.86. The third-order valence-corrected chi connectivity index (χ3v) is 2.47. The van der Waals surface area contributed by atoms with Gasteiger partial charge in [0.1, 0.15) is 6.61 Å². The molecule has 0 saturated carbocycles. The molecular weight excluding hydrogens is 290 g/mol. The fraction of sp³-hybridized carbons (Fsp3) is 0.273. The molecule has 0 aliphatic heterocycles. The summed E-state index contributed by atoms with van der Waals surface area (Å²) in [6.45, 7) is 1.40. The number of terminal acetylenes is 1. The lowest BCUT2D eigenvalue weighted by molar-refractivity contribution is -0.386. The minimum Gasteiger partial charge on any atom is -0.473 e. The number of hydrogen-bond acceptors (Lipinski definition) is 4. The first-order valence-electron chi connectivity index (χ1n) is 4.69. The topological polar surface area (TPSA) is 72.6 Å². The fourth-order valence-corrected chi connectivity index (χ4v) is 1.78. The van der Waals surface area contributed by atoms with Crippen LogP contribution in [0.2, 0.25) is 0 Å². The summed E-state index contributed by atoms with van der Waals surface area (Å²) in [5.74, 6) is 2.23. The Hall–Kier alpha value is -1.58. The standard InChI is InChI=1S/C11H10BrNO4/c1-3-4-17-11-9(7(2)14)5-8(12)6-10(11)13(15)16/h1,5-7,14H,4H2,2H3/t7-/m1/s1. The smallest absolute Gasteiger partial charge is 0.312 e. The van der Waals surface area contributed by atoms with E-state index < -0.39 is 11.0 Å². The lowest BCUT2D eigenvalue weighted by atomic mass is 10.1. The summed E-state index contributed by atoms with van der Waals surface area (Å²) in [5.41, 5.74) is 0.0897. The molecule has 1 aromatic rings. The molecule has 0 heterocycles. The van der Waals surface area contributed by atoms with E-state index in [2.05, 4.69) is 21.9 Å². The highest BCUT2D eigenvalue weighted by Gasteiger charge is 2.23. The first kappa shape index (κ1) is 13.5. The Morgan fingerprint density at radius 1 is 1.71 bits per heavy atom. The van der Waals surface area contributed by atoms with E-state index in [1.807, 2.05) is 0 Å². The van der Waals surface area contributed by atoms with Crippen LogP contribution in [0.25, 0.3) is 0 Å². The largest absolute Gasteiger partial charge is 0.473 e. The lowest BCUT2D eigenvalue weighted by Gasteiger charge is -2.12. The molecule has 0 unspecified atom stereocenters. The number of ether oxygens (including phenoxy) is 1. The summed E-state index contributed by atoms with van der Waals surface area (Å²) in [7, 11) is 0. The molecule has 0 fully saturated rings. The third kappa shape index (κ3) is 3.19. The second kappa shape index (κ2) is 5.66. The Kier molecular flexibility index (Phi) is 4.49. The first-order chi connectivity index (χ1) is 7.97. The molecule has 5 nitrogen and oxygen atoms in total. The number of halogens is 1. The van der Waals surface area contributed by atoms with Crippen molar-refractivity contribution in [2.24, 2.45) is 0 Å². The molecule has 90 valence electrons. The maximum Gasteiger partial charge on any atom is 0.312 e. The Bertz CT molecular complexity index is 479. The second-order valence-corrected chi connectivity index (χ2v) is 4.18. The van der Waals surface area contributed by atoms with Crippen molar-refractivity contribution in [2.45, 2.75) is 13.0 Å². The average molecular weight is 300 g/mol. The number of aliphatic hydroxyl groups excluding tert-OH is 1. The maximum atomic E-state index is 10.9. The van der Waals surface area contributed by atoms with E-state index in [9.17, 15) is 15.2 Å². The molecule has 6 heteroatoms. The van der Waals surface area contributed by atoms with Crippen LogP contribution in [0.1, 0.15) is 18.6 Å². The van der Waals surface area contributed by atoms with Crippen molar-refractivity contribution in [1.82, 2.24) is 0 Å². The minimum atomic E-state index is -0.890. The quantitative estimate of drug-likeness (QED) is 0.526. The summed E-state index contributed by atoms with van der Waals surface area (Å²) in [5, 5.41) is 20.4. The molecule has 1 rings (SSSR count). The zero-order valence-electron chi connectivity index (χ0n) is 9.01. The first-order valence-corrected chi connectivity index (χ1v) is 5.48. The van der Waals surface area contributed by atoms with Gasteiger partial charge in [-0.2, -0.15) is 0 Å². The molecule has 1 aromatic carbocycles. The molecule has 0 radical (unpaired) electrons. The highest BCUT2D eigenvalue weighted by atomic mass is 79.9. The van der Waals surface area contributed by atoms with Gasteiger partial charge in [0.15, 0.2) is 0 Å². The van der Waals surface area contributed by atoms with Gasteiger partial charge in [-0.15, -0.1) is 6.42 Å². The predicted molar refractivity (Wildman–Crippen MR) is 65.8 cm³/mol. The number of benzene rings is 1. The monoisotopic (exact) mass is 299 g/mol. The van der Waals surface area contributed by atoms with Gasteiger partial charge in [0.25, 0.3) is 0 Å². The van der Waals surface area contributed by atoms with E-state index in [1.54, 1.807) is 6.07 Å². The van der Waals surface area contributed by atoms with Crippen molar-refractivity contribution in [3.05, 3.63) is 32.3 Å². The van der Waals surface area contributed by atoms with Crippen molar-refractivity contribution in [1.29, 1.82) is 0 Å². The number of aliphatic hydroxyl groups is 1. The van der Waals surface area contributed by atoms with Gasteiger partial charge in [0.05, 0.1) is 11.0 Å². The van der Waals surface area contributed by atoms with E-state index in [1.165, 1.54) is 13.0 Å². The van der Waals surface area contributed by atoms with Crippen LogP contribution in [0.4, 0.5) is 5.69 Å². The highest BCUT2D eigenvalue weighted by Crippen LogP contribution is 2.37. The van der Waals surface area contributed by atoms with Crippen molar-refractivity contribution in [2.75, 3.05) is 6.61 Å². The van der Waals surface area contributed by atoms with Crippen LogP contribution >= 0.6 is 15.9 Å². The van der Waals surface area contributed by atoms with Gasteiger partial charge < -0.3 is 9.84 Å². The highest BCUT2D eigenvalue weighted by molar-refractivity contribution is 9.10. The molecule has 0 bridgehead atoms. The van der Waals surface area contributed by atoms with Gasteiger partial charge in [-0.25, -0.2) is 0 Å². The average Bonchev–Trinajstić information content (AvgIpc) is 2.26. The molecule has 0 aromatic heterocycles. The maximum absolute atomic E-state index is 10.9. The molecule has 17 heavy (non-hydrogen) atoms. The molecular formula is C11H10BrNO4. The van der Waals surface area contributed by atoms with Crippen molar-refractivity contribution >= 4 is 21.6 Å². The van der Waals surface area contributed by atoms with Gasteiger partial charge in [-0.3, -0.25) is 10.1 Å². The predicted octanol–water partition coefficient (Wildman–Crippen LogP) is 2.42. The van der Waals surface area contributed by atoms with Gasteiger partial charge in [0, 0.05) is 16.1 Å². The Morgan fingerprint density at radius 3 is 2.82 bits per heavy atom. The summed E-state index contributed by atoms with van der Waals surface area (Å²) < 4.78 is 5.63. The van der Waals surface area contributed by atoms with Gasteiger partial charge in [-0.05, 0) is 13.0 Å². The molecule has 0 saturated heterocycles. The van der Waals surface area contributed by atoms with Gasteiger partial charge in [-0.1, -0.05) is 21.9 Å². The molecule has 0 aliphatic rings. The number of rotatable bonds is 4. The van der Waals surface area contributed by atoms with Gasteiger partial charge in [0.2, 0.25) is 5.75 Å². The normalized spacial score (nSPS) is 11.6. The summed E-state index contributed by atoms with van der Waals surface area (Å²) in [6.07, 6.45) is 4.15. The molecule has 1 atom stereocenters. The van der Waals surface area contributed by atoms with E-state index >= 15 is 0 Å². The van der Waals surface area contributed by atoms with E-state index in [0.717, 1.165) is 0 Å². The number of nitrogens with zero attached hydrogens (tertiary/aromatic N) is 1. The fourth-order valence-electron chi connectivity index (χ4n) is 1.32. The van der Waals surface area contributed by atoms with Crippen LogP contribution in [0.15, 0.2) is 16.6 Å². The summed E-state index contributed by atoms with van der Waals surface area (Å²) in [4.78, 5) is 10.3. The van der Waals surface area contributed by atoms with Crippen molar-refractivity contribution in [3.63, 3.8) is 0 Å². The Morgan fingerprint density at radius 2 is 2.35 bits per heavy atom. The van der Waals surface area contributed by atoms with E-state index in [-0.39, 0.29) is 18.0 Å². The number of nitro groups is 1. The Balaban J connectivity index is 3.37. The van der Waals surface area contributed by atoms with Crippen LogP contribution in [0, 0.1) is 22.5 Å². The minimum absolute atomic E-state index is 0.00569. The van der Waals surface area contributed by atoms with Crippen LogP contribution in [0.3, 0.4) is 0 Å². The molecule has 0 spiro atoms. The SMILES string of the molecule is C#CCOc1c([C@@H](C)O)cc(Br)cc1[N+](=O)[O-]. The van der Waals surface area contributed by atoms with Crippen LogP contribution < -0.4 is 4.74 Å². The number of nitro benzene ring substituents is 1. The van der Waals surface area contributed by atoms with Gasteiger partial charge >= 0.3 is 5.69 Å². The van der Waals surface area contributed by atoms with Crippen molar-refractivity contribution in [3.8, 4) is 18.1 Å². The zero-order valence-corrected chi connectivity index (χ0v) is 10.6. The van der Waals surface area contributed by atoms with E-state index in [4.69, 9.17) is 11.2 Å². The number of hydrogen-bond donors (Lipinski definition) is 1. The third-order valence-electron chi connectivity index (χ3n) is 2.01. The second-order valence-electron chi connectivity index (χ2n) is 3.27. The molecule has 1 N–H and O–H groups in total. The zero-order chi connectivity index (χ0) is 13.0. The molecule has 0 aliphatic carbocycles. The molecule has 0 amide bonds.